The summed E-state index contributed by atoms with van der Waals surface area (Å²) in [6, 6.07) is 0. The topological polar surface area (TPSA) is 27.8 Å². The lowest BCUT2D eigenvalue weighted by atomic mass is 10.2. The lowest BCUT2D eigenvalue weighted by Gasteiger charge is -1.96. The van der Waals surface area contributed by atoms with Gasteiger partial charge in [-0.05, 0) is 12.5 Å². The fourth-order valence-electron chi connectivity index (χ4n) is 1.00. The Labute approximate surface area is 61.0 Å². The van der Waals surface area contributed by atoms with Crippen LogP contribution in [0.25, 0.3) is 6.08 Å². The Bertz CT molecular complexity index is 235. The number of aromatic amines is 1. The number of hydrogen-bond acceptors (Lipinski definition) is 1. The summed E-state index contributed by atoms with van der Waals surface area (Å²) in [4.78, 5) is 3.09. The van der Waals surface area contributed by atoms with E-state index in [1.165, 1.54) is 5.56 Å². The third kappa shape index (κ3) is 0.923. The summed E-state index contributed by atoms with van der Waals surface area (Å²) < 4.78 is 0. The first-order valence-corrected chi connectivity index (χ1v) is 3.27. The number of anilines is 1. The number of H-pyrrole nitrogens is 1. The van der Waals surface area contributed by atoms with Crippen molar-refractivity contribution in [3.05, 3.63) is 23.9 Å². The molecule has 10 heavy (non-hydrogen) atoms. The first-order chi connectivity index (χ1) is 4.79. The van der Waals surface area contributed by atoms with E-state index in [2.05, 4.69) is 16.9 Å². The predicted molar refractivity (Wildman–Crippen MR) is 45.2 cm³/mol. The van der Waals surface area contributed by atoms with E-state index in [9.17, 15) is 0 Å². The molecule has 0 saturated heterocycles. The van der Waals surface area contributed by atoms with E-state index in [-0.39, 0.29) is 0 Å². The summed E-state index contributed by atoms with van der Waals surface area (Å²) in [6.45, 7) is 5.76. The first kappa shape index (κ1) is 6.93. The lowest BCUT2D eigenvalue weighted by Crippen LogP contribution is -1.89. The van der Waals surface area contributed by atoms with Gasteiger partial charge in [-0.1, -0.05) is 12.7 Å². The smallest absolute Gasteiger partial charge is 0.110 e. The Kier molecular flexibility index (Phi) is 1.81. The molecule has 0 fully saturated rings. The second-order valence-electron chi connectivity index (χ2n) is 2.21. The van der Waals surface area contributed by atoms with E-state index in [0.717, 1.165) is 11.4 Å². The van der Waals surface area contributed by atoms with E-state index in [1.807, 2.05) is 26.2 Å². The van der Waals surface area contributed by atoms with Crippen molar-refractivity contribution in [2.45, 2.75) is 6.92 Å². The van der Waals surface area contributed by atoms with Crippen molar-refractivity contribution in [1.82, 2.24) is 4.98 Å². The maximum Gasteiger partial charge on any atom is 0.110 e. The van der Waals surface area contributed by atoms with Gasteiger partial charge in [0.2, 0.25) is 0 Å². The van der Waals surface area contributed by atoms with Crippen molar-refractivity contribution in [1.29, 1.82) is 0 Å². The third-order valence-electron chi connectivity index (χ3n) is 1.58. The summed E-state index contributed by atoms with van der Waals surface area (Å²) in [5.41, 5.74) is 2.38. The van der Waals surface area contributed by atoms with Crippen LogP contribution >= 0.6 is 0 Å². The highest BCUT2D eigenvalue weighted by Crippen LogP contribution is 2.18. The Morgan fingerprint density at radius 3 is 2.80 bits per heavy atom. The van der Waals surface area contributed by atoms with Crippen LogP contribution in [0, 0.1) is 6.92 Å². The van der Waals surface area contributed by atoms with Gasteiger partial charge in [0.05, 0.1) is 0 Å². The van der Waals surface area contributed by atoms with Gasteiger partial charge in [0, 0.05) is 18.8 Å². The molecule has 1 heterocycles. The second-order valence-corrected chi connectivity index (χ2v) is 2.21. The second kappa shape index (κ2) is 2.60. The number of aryl methyl sites for hydroxylation is 1. The Balaban J connectivity index is 3.12. The SMILES string of the molecule is C=Cc1c(C)c[nH]c1NC. The Hall–Kier alpha value is -1.18. The zero-order valence-electron chi connectivity index (χ0n) is 6.36. The molecule has 54 valence electrons. The van der Waals surface area contributed by atoms with Crippen molar-refractivity contribution in [2.24, 2.45) is 0 Å². The monoisotopic (exact) mass is 136 g/mol. The van der Waals surface area contributed by atoms with Crippen molar-refractivity contribution < 1.29 is 0 Å². The summed E-state index contributed by atoms with van der Waals surface area (Å²) in [5, 5.41) is 3.04. The number of aromatic nitrogens is 1. The predicted octanol–water partition coefficient (Wildman–Crippen LogP) is 2.01. The molecule has 0 aliphatic rings. The van der Waals surface area contributed by atoms with E-state index in [4.69, 9.17) is 0 Å². The number of rotatable bonds is 2. The van der Waals surface area contributed by atoms with E-state index in [1.54, 1.807) is 0 Å². The fourth-order valence-corrected chi connectivity index (χ4v) is 1.00. The molecule has 0 aromatic carbocycles. The van der Waals surface area contributed by atoms with Gasteiger partial charge in [-0.15, -0.1) is 0 Å². The van der Waals surface area contributed by atoms with E-state index in [0.29, 0.717) is 0 Å². The molecule has 2 heteroatoms. The van der Waals surface area contributed by atoms with Crippen LogP contribution < -0.4 is 5.32 Å². The molecule has 2 nitrogen and oxygen atoms in total. The van der Waals surface area contributed by atoms with Gasteiger partial charge in [0.25, 0.3) is 0 Å². The molecule has 0 unspecified atom stereocenters. The zero-order chi connectivity index (χ0) is 7.56. The van der Waals surface area contributed by atoms with Crippen LogP contribution in [0.15, 0.2) is 12.8 Å². The summed E-state index contributed by atoms with van der Waals surface area (Å²) >= 11 is 0. The lowest BCUT2D eigenvalue weighted by molar-refractivity contribution is 1.34. The fraction of sp³-hybridized carbons (Fsp3) is 0.250. The van der Waals surface area contributed by atoms with Gasteiger partial charge in [0.15, 0.2) is 0 Å². The van der Waals surface area contributed by atoms with E-state index >= 15 is 0 Å². The van der Waals surface area contributed by atoms with Crippen LogP contribution in [0.2, 0.25) is 0 Å². The molecule has 2 N–H and O–H groups in total. The summed E-state index contributed by atoms with van der Waals surface area (Å²) in [7, 11) is 1.89. The standard InChI is InChI=1S/C8H12N2/c1-4-7-6(2)5-10-8(7)9-3/h4-5,9-10H,1H2,2-3H3. The molecular formula is C8H12N2. The van der Waals surface area contributed by atoms with Gasteiger partial charge in [0.1, 0.15) is 5.82 Å². The van der Waals surface area contributed by atoms with Crippen LogP contribution in [-0.4, -0.2) is 12.0 Å². The number of hydrogen-bond donors (Lipinski definition) is 2. The van der Waals surface area contributed by atoms with Gasteiger partial charge in [-0.2, -0.15) is 0 Å². The molecule has 0 saturated carbocycles. The molecule has 0 aliphatic carbocycles. The van der Waals surface area contributed by atoms with Crippen molar-refractivity contribution in [2.75, 3.05) is 12.4 Å². The molecule has 0 aliphatic heterocycles. The average Bonchev–Trinajstić information content (AvgIpc) is 2.30. The van der Waals surface area contributed by atoms with Gasteiger partial charge in [-0.25, -0.2) is 0 Å². The Morgan fingerprint density at radius 1 is 1.70 bits per heavy atom. The maximum absolute atomic E-state index is 3.71. The van der Waals surface area contributed by atoms with Crippen molar-refractivity contribution >= 4 is 11.9 Å². The van der Waals surface area contributed by atoms with Gasteiger partial charge in [-0.3, -0.25) is 0 Å². The molecule has 1 aromatic heterocycles. The van der Waals surface area contributed by atoms with Gasteiger partial charge < -0.3 is 10.3 Å². The van der Waals surface area contributed by atoms with Crippen LogP contribution in [0.3, 0.4) is 0 Å². The minimum Gasteiger partial charge on any atom is -0.374 e. The highest BCUT2D eigenvalue weighted by molar-refractivity contribution is 5.65. The molecule has 1 aromatic rings. The first-order valence-electron chi connectivity index (χ1n) is 3.27. The van der Waals surface area contributed by atoms with Crippen LogP contribution in [-0.2, 0) is 0 Å². The molecule has 0 amide bonds. The normalized spacial score (nSPS) is 9.40. The molecule has 1 rings (SSSR count). The molecule has 0 radical (unpaired) electrons. The average molecular weight is 136 g/mol. The van der Waals surface area contributed by atoms with Crippen molar-refractivity contribution in [3.63, 3.8) is 0 Å². The van der Waals surface area contributed by atoms with Crippen molar-refractivity contribution in [3.8, 4) is 0 Å². The molecule has 0 bridgehead atoms. The quantitative estimate of drug-likeness (QED) is 0.639. The summed E-state index contributed by atoms with van der Waals surface area (Å²) in [5.74, 6) is 1.03. The van der Waals surface area contributed by atoms with Crippen LogP contribution in [0.5, 0.6) is 0 Å². The van der Waals surface area contributed by atoms with E-state index < -0.39 is 0 Å². The zero-order valence-corrected chi connectivity index (χ0v) is 6.36. The minimum atomic E-state index is 1.03. The molecule has 0 atom stereocenters. The molecular weight excluding hydrogens is 124 g/mol. The van der Waals surface area contributed by atoms with Gasteiger partial charge >= 0.3 is 0 Å². The van der Waals surface area contributed by atoms with Crippen LogP contribution in [0.1, 0.15) is 11.1 Å². The third-order valence-corrected chi connectivity index (χ3v) is 1.58. The molecule has 0 spiro atoms. The summed E-state index contributed by atoms with van der Waals surface area (Å²) in [6.07, 6.45) is 3.81. The Morgan fingerprint density at radius 2 is 2.40 bits per heavy atom. The van der Waals surface area contributed by atoms with Crippen LogP contribution in [0.4, 0.5) is 5.82 Å². The highest BCUT2D eigenvalue weighted by Gasteiger charge is 2.00. The highest BCUT2D eigenvalue weighted by atomic mass is 15.0. The maximum atomic E-state index is 3.71. The minimum absolute atomic E-state index is 1.03. The number of nitrogens with one attached hydrogen (secondary N) is 2. The largest absolute Gasteiger partial charge is 0.374 e.